The van der Waals surface area contributed by atoms with Crippen LogP contribution in [0.15, 0.2) is 146 Å². The van der Waals surface area contributed by atoms with Crippen LogP contribution in [0.5, 0.6) is 0 Å². The van der Waals surface area contributed by atoms with Gasteiger partial charge in [0, 0.05) is 27.0 Å². The third-order valence-corrected chi connectivity index (χ3v) is 14.0. The summed E-state index contributed by atoms with van der Waals surface area (Å²) in [5.41, 5.74) is 9.56. The maximum Gasteiger partial charge on any atom is 0.241 e. The number of anilines is 3. The number of nitrogens with zero attached hydrogens (tertiary/aromatic N) is 6. The third-order valence-electron chi connectivity index (χ3n) is 14.0. The van der Waals surface area contributed by atoms with Crippen molar-refractivity contribution in [1.82, 2.24) is 24.1 Å². The van der Waals surface area contributed by atoms with Crippen LogP contribution in [0.2, 0.25) is 0 Å². The average molecular weight is 711 g/mol. The van der Waals surface area contributed by atoms with Gasteiger partial charge in [0.1, 0.15) is 0 Å². The zero-order chi connectivity index (χ0) is 35.8. The molecule has 0 unspecified atom stereocenters. The molecule has 264 valence electrons. The number of fused-ring (bicyclic) bond motifs is 8. The van der Waals surface area contributed by atoms with Crippen LogP contribution in [0.25, 0.3) is 55.5 Å². The maximum atomic E-state index is 5.55. The molecule has 4 bridgehead atoms. The number of benzene rings is 6. The van der Waals surface area contributed by atoms with Gasteiger partial charge in [-0.3, -0.25) is 14.0 Å². The summed E-state index contributed by atoms with van der Waals surface area (Å²) >= 11 is 0. The first-order valence-electron chi connectivity index (χ1n) is 20.0. The Morgan fingerprint density at radius 1 is 0.382 bits per heavy atom. The molecule has 5 aliphatic rings. The van der Waals surface area contributed by atoms with Crippen LogP contribution >= 0.6 is 0 Å². The summed E-state index contributed by atoms with van der Waals surface area (Å²) in [5.74, 6) is 4.87. The van der Waals surface area contributed by atoms with Gasteiger partial charge in [-0.05, 0) is 103 Å². The van der Waals surface area contributed by atoms with E-state index in [0.717, 1.165) is 33.9 Å². The van der Waals surface area contributed by atoms with E-state index in [0.29, 0.717) is 29.7 Å². The molecule has 4 aliphatic carbocycles. The Balaban J connectivity index is 1.13. The monoisotopic (exact) mass is 710 g/mol. The van der Waals surface area contributed by atoms with Crippen molar-refractivity contribution in [3.05, 3.63) is 157 Å². The molecule has 4 fully saturated rings. The fourth-order valence-corrected chi connectivity index (χ4v) is 12.3. The highest BCUT2D eigenvalue weighted by Gasteiger charge is 2.61. The van der Waals surface area contributed by atoms with Gasteiger partial charge >= 0.3 is 0 Å². The summed E-state index contributed by atoms with van der Waals surface area (Å²) in [6, 6.07) is 52.8. The van der Waals surface area contributed by atoms with Crippen LogP contribution in [0, 0.1) is 23.7 Å². The Morgan fingerprint density at radius 3 is 1.15 bits per heavy atom. The number of hydrogen-bond acceptors (Lipinski definition) is 4. The number of rotatable bonds is 3. The number of hydrogen-bond donors (Lipinski definition) is 0. The predicted octanol–water partition coefficient (Wildman–Crippen LogP) is 11.6. The Morgan fingerprint density at radius 2 is 0.727 bits per heavy atom. The smallest absolute Gasteiger partial charge is 0.241 e. The van der Waals surface area contributed by atoms with E-state index >= 15 is 0 Å². The van der Waals surface area contributed by atoms with Crippen molar-refractivity contribution in [2.75, 3.05) is 4.90 Å². The lowest BCUT2D eigenvalue weighted by atomic mass is 9.41. The van der Waals surface area contributed by atoms with Crippen molar-refractivity contribution in [2.45, 2.75) is 37.5 Å². The fraction of sp³-hybridized carbons (Fsp3) is 0.204. The molecule has 55 heavy (non-hydrogen) atoms. The molecule has 4 saturated carbocycles. The van der Waals surface area contributed by atoms with Crippen LogP contribution < -0.4 is 4.90 Å². The third kappa shape index (κ3) is 3.91. The molecule has 0 N–H and O–H groups in total. The summed E-state index contributed by atoms with van der Waals surface area (Å²) in [7, 11) is 0. The largest absolute Gasteiger partial charge is 0.278 e. The summed E-state index contributed by atoms with van der Waals surface area (Å²) in [5, 5.41) is 4.71. The molecule has 6 heteroatoms. The van der Waals surface area contributed by atoms with E-state index in [1.54, 1.807) is 0 Å². The van der Waals surface area contributed by atoms with E-state index in [1.165, 1.54) is 76.2 Å². The topological polar surface area (TPSA) is 51.8 Å². The Labute approximate surface area is 318 Å². The van der Waals surface area contributed by atoms with Crippen molar-refractivity contribution in [3.63, 3.8) is 0 Å². The highest BCUT2D eigenvalue weighted by Crippen LogP contribution is 2.69. The second-order valence-corrected chi connectivity index (χ2v) is 16.5. The minimum Gasteiger partial charge on any atom is -0.278 e. The standard InChI is InChI=1S/C49H38N6/c1-7-19-40-34(13-1)35-14-2-8-20-41(35)53(40)46-50-47(54-42-21-9-3-15-36(42)37-16-4-10-22-43(37)54)52-48(51-46)55-44-23-11-5-17-38(44)49(39-18-6-12-24-45(39)55)32-26-30-25-31(28-32)29-33(49)27-30/h1-24,30-33H,25-29H2. The van der Waals surface area contributed by atoms with E-state index < -0.39 is 0 Å². The van der Waals surface area contributed by atoms with Crippen LogP contribution in [0.3, 0.4) is 0 Å². The summed E-state index contributed by atoms with van der Waals surface area (Å²) in [6.45, 7) is 0. The molecule has 1 aliphatic heterocycles. The van der Waals surface area contributed by atoms with Gasteiger partial charge in [-0.2, -0.15) is 15.0 Å². The highest BCUT2D eigenvalue weighted by molar-refractivity contribution is 6.10. The quantitative estimate of drug-likeness (QED) is 0.183. The second-order valence-electron chi connectivity index (χ2n) is 16.5. The van der Waals surface area contributed by atoms with E-state index in [9.17, 15) is 0 Å². The van der Waals surface area contributed by atoms with Crippen LogP contribution in [0.1, 0.15) is 43.2 Å². The van der Waals surface area contributed by atoms with Crippen LogP contribution in [-0.2, 0) is 5.41 Å². The first-order valence-corrected chi connectivity index (χ1v) is 20.0. The summed E-state index contributed by atoms with van der Waals surface area (Å²) in [4.78, 5) is 18.9. The van der Waals surface area contributed by atoms with Gasteiger partial charge in [0.2, 0.25) is 17.8 Å². The van der Waals surface area contributed by atoms with Crippen molar-refractivity contribution in [3.8, 4) is 11.9 Å². The SMILES string of the molecule is c1ccc2c(c1)N(c1nc(-n3c4ccccc4c4ccccc43)nc(-n3c4ccccc4c4ccccc43)n1)c1ccccc1C21C2CC3CC(C2)CC1C3. The molecular formula is C49H38N6. The van der Waals surface area contributed by atoms with Gasteiger partial charge in [-0.15, -0.1) is 0 Å². The molecule has 6 nitrogen and oxygen atoms in total. The minimum absolute atomic E-state index is 0.00450. The van der Waals surface area contributed by atoms with E-state index in [1.807, 2.05) is 0 Å². The lowest BCUT2D eigenvalue weighted by Crippen LogP contribution is -2.57. The normalized spacial score (nSPS) is 21.9. The second kappa shape index (κ2) is 10.9. The van der Waals surface area contributed by atoms with Crippen molar-refractivity contribution < 1.29 is 0 Å². The molecule has 0 atom stereocenters. The lowest BCUT2D eigenvalue weighted by molar-refractivity contribution is -0.0419. The van der Waals surface area contributed by atoms with Gasteiger partial charge in [0.25, 0.3) is 0 Å². The van der Waals surface area contributed by atoms with Gasteiger partial charge in [-0.25, -0.2) is 0 Å². The average Bonchev–Trinajstić information content (AvgIpc) is 3.75. The molecule has 1 spiro atoms. The molecule has 3 aromatic heterocycles. The summed E-state index contributed by atoms with van der Waals surface area (Å²) in [6.07, 6.45) is 6.75. The Hall–Kier alpha value is -6.27. The summed E-state index contributed by atoms with van der Waals surface area (Å²) < 4.78 is 4.46. The molecule has 14 rings (SSSR count). The Kier molecular flexibility index (Phi) is 5.97. The molecule has 9 aromatic rings. The Bertz CT molecular complexity index is 2730. The fourth-order valence-electron chi connectivity index (χ4n) is 12.3. The van der Waals surface area contributed by atoms with Crippen LogP contribution in [-0.4, -0.2) is 24.1 Å². The minimum atomic E-state index is -0.00450. The lowest BCUT2D eigenvalue weighted by Gasteiger charge is -2.64. The molecule has 6 aromatic carbocycles. The van der Waals surface area contributed by atoms with E-state index in [-0.39, 0.29) is 5.41 Å². The van der Waals surface area contributed by atoms with Crippen LogP contribution in [0.4, 0.5) is 17.3 Å². The predicted molar refractivity (Wildman–Crippen MR) is 221 cm³/mol. The molecule has 4 heterocycles. The van der Waals surface area contributed by atoms with Gasteiger partial charge in [0.05, 0.1) is 33.4 Å². The molecule has 0 radical (unpaired) electrons. The van der Waals surface area contributed by atoms with E-state index in [4.69, 9.17) is 15.0 Å². The number of aromatic nitrogens is 5. The zero-order valence-electron chi connectivity index (χ0n) is 30.4. The highest BCUT2D eigenvalue weighted by atomic mass is 15.4. The zero-order valence-corrected chi connectivity index (χ0v) is 30.4. The van der Waals surface area contributed by atoms with Crippen molar-refractivity contribution in [2.24, 2.45) is 23.7 Å². The van der Waals surface area contributed by atoms with Crippen molar-refractivity contribution >= 4 is 60.9 Å². The first-order chi connectivity index (χ1) is 27.3. The van der Waals surface area contributed by atoms with Gasteiger partial charge in [-0.1, -0.05) is 109 Å². The van der Waals surface area contributed by atoms with E-state index in [2.05, 4.69) is 160 Å². The molecule has 0 saturated heterocycles. The molecular weight excluding hydrogens is 673 g/mol. The first kappa shape index (κ1) is 30.1. The van der Waals surface area contributed by atoms with Gasteiger partial charge < -0.3 is 0 Å². The van der Waals surface area contributed by atoms with Gasteiger partial charge in [0.15, 0.2) is 0 Å². The molecule has 0 amide bonds. The number of para-hydroxylation sites is 6. The maximum absolute atomic E-state index is 5.55. The van der Waals surface area contributed by atoms with Crippen molar-refractivity contribution in [1.29, 1.82) is 0 Å².